The number of nitrogens with zero attached hydrogens (tertiary/aromatic N) is 1. The summed E-state index contributed by atoms with van der Waals surface area (Å²) in [6.45, 7) is 1.75. The van der Waals surface area contributed by atoms with E-state index in [0.717, 1.165) is 15.1 Å². The van der Waals surface area contributed by atoms with Crippen LogP contribution in [0, 0.1) is 12.2 Å². The van der Waals surface area contributed by atoms with E-state index in [4.69, 9.17) is 0 Å². The van der Waals surface area contributed by atoms with Crippen molar-refractivity contribution < 1.29 is 4.39 Å². The lowest BCUT2D eigenvalue weighted by atomic mass is 10.6. The third-order valence-corrected chi connectivity index (χ3v) is 2.51. The van der Waals surface area contributed by atoms with Gasteiger partial charge in [-0.3, -0.25) is 0 Å². The van der Waals surface area contributed by atoms with Crippen LogP contribution in [0.4, 0.5) is 4.39 Å². The van der Waals surface area contributed by atoms with Crippen LogP contribution in [0.5, 0.6) is 0 Å². The Labute approximate surface area is 58.7 Å². The van der Waals surface area contributed by atoms with E-state index >= 15 is 0 Å². The van der Waals surface area contributed by atoms with Gasteiger partial charge in [0.25, 0.3) is 5.26 Å². The molecular weight excluding hydrogens is 193 g/mol. The second-order valence-corrected chi connectivity index (χ2v) is 3.59. The van der Waals surface area contributed by atoms with Crippen molar-refractivity contribution >= 4 is 27.3 Å². The molecule has 1 nitrogen and oxygen atoms in total. The van der Waals surface area contributed by atoms with E-state index in [1.807, 2.05) is 0 Å². The van der Waals surface area contributed by atoms with Gasteiger partial charge in [-0.1, -0.05) is 11.3 Å². The van der Waals surface area contributed by atoms with Crippen LogP contribution in [-0.4, -0.2) is 4.98 Å². The molecule has 0 N–H and O–H groups in total. The molecule has 0 saturated carbocycles. The van der Waals surface area contributed by atoms with Crippen LogP contribution in [0.2, 0.25) is 0 Å². The van der Waals surface area contributed by atoms with E-state index in [9.17, 15) is 4.39 Å². The zero-order valence-corrected chi connectivity index (χ0v) is 6.51. The van der Waals surface area contributed by atoms with Crippen molar-refractivity contribution in [3.8, 4) is 0 Å². The maximum atomic E-state index is 12.1. The lowest BCUT2D eigenvalue weighted by molar-refractivity contribution is 0.614. The lowest BCUT2D eigenvalue weighted by Gasteiger charge is -1.74. The van der Waals surface area contributed by atoms with Gasteiger partial charge < -0.3 is 0 Å². The Morgan fingerprint density at radius 1 is 1.75 bits per heavy atom. The predicted molar refractivity (Wildman–Crippen MR) is 34.5 cm³/mol. The van der Waals surface area contributed by atoms with Crippen molar-refractivity contribution in [3.05, 3.63) is 14.7 Å². The molecule has 0 radical (unpaired) electrons. The quantitative estimate of drug-likeness (QED) is 0.620. The van der Waals surface area contributed by atoms with Gasteiger partial charge in [-0.2, -0.15) is 4.39 Å². The van der Waals surface area contributed by atoms with E-state index in [1.54, 1.807) is 6.92 Å². The lowest BCUT2D eigenvalue weighted by Crippen LogP contribution is -1.69. The fourth-order valence-electron chi connectivity index (χ4n) is 0.346. The standard InChI is InChI=1S/C4H3BrFNS/c1-2-3(5)8-4(6)7-2/h1H3. The molecule has 0 aliphatic rings. The zero-order chi connectivity index (χ0) is 6.15. The first-order valence-corrected chi connectivity index (χ1v) is 3.59. The number of thiazole rings is 1. The molecule has 0 amide bonds. The highest BCUT2D eigenvalue weighted by atomic mass is 79.9. The summed E-state index contributed by atoms with van der Waals surface area (Å²) in [5.74, 6) is 0. The minimum atomic E-state index is -0.380. The van der Waals surface area contributed by atoms with Crippen LogP contribution in [0.15, 0.2) is 3.79 Å². The summed E-state index contributed by atoms with van der Waals surface area (Å²) in [6, 6.07) is 0. The van der Waals surface area contributed by atoms with E-state index in [-0.39, 0.29) is 5.26 Å². The molecule has 1 aromatic rings. The Balaban J connectivity index is 3.14. The van der Waals surface area contributed by atoms with Gasteiger partial charge >= 0.3 is 0 Å². The number of rotatable bonds is 0. The maximum absolute atomic E-state index is 12.1. The van der Waals surface area contributed by atoms with Crippen molar-refractivity contribution in [2.75, 3.05) is 0 Å². The smallest absolute Gasteiger partial charge is 0.214 e. The number of aromatic nitrogens is 1. The molecule has 1 rings (SSSR count). The third-order valence-electron chi connectivity index (χ3n) is 0.714. The Kier molecular flexibility index (Phi) is 1.62. The predicted octanol–water partition coefficient (Wildman–Crippen LogP) is 2.35. The van der Waals surface area contributed by atoms with E-state index < -0.39 is 0 Å². The van der Waals surface area contributed by atoms with Crippen molar-refractivity contribution in [2.45, 2.75) is 6.92 Å². The van der Waals surface area contributed by atoms with Crippen molar-refractivity contribution in [3.63, 3.8) is 0 Å². The van der Waals surface area contributed by atoms with Crippen molar-refractivity contribution in [2.24, 2.45) is 0 Å². The molecule has 0 saturated heterocycles. The van der Waals surface area contributed by atoms with Crippen molar-refractivity contribution in [1.82, 2.24) is 4.98 Å². The van der Waals surface area contributed by atoms with Crippen molar-refractivity contribution in [1.29, 1.82) is 0 Å². The second kappa shape index (κ2) is 2.11. The molecule has 1 heterocycles. The number of hydrogen-bond acceptors (Lipinski definition) is 2. The molecule has 1 aromatic heterocycles. The van der Waals surface area contributed by atoms with Gasteiger partial charge in [-0.25, -0.2) is 4.98 Å². The summed E-state index contributed by atoms with van der Waals surface area (Å²) < 4.78 is 12.8. The summed E-state index contributed by atoms with van der Waals surface area (Å²) >= 11 is 4.14. The second-order valence-electron chi connectivity index (χ2n) is 1.33. The average Bonchev–Trinajstić information content (AvgIpc) is 1.85. The summed E-state index contributed by atoms with van der Waals surface area (Å²) in [5, 5.41) is -0.380. The molecular formula is C4H3BrFNS. The van der Waals surface area contributed by atoms with Gasteiger partial charge in [0.05, 0.1) is 9.48 Å². The van der Waals surface area contributed by atoms with Crippen LogP contribution in [-0.2, 0) is 0 Å². The fourth-order valence-corrected chi connectivity index (χ4v) is 1.36. The molecule has 0 unspecified atom stereocenters. The van der Waals surface area contributed by atoms with Crippen LogP contribution < -0.4 is 0 Å². The van der Waals surface area contributed by atoms with E-state index in [1.165, 1.54) is 0 Å². The molecule has 0 bridgehead atoms. The molecule has 0 aromatic carbocycles. The van der Waals surface area contributed by atoms with E-state index in [2.05, 4.69) is 20.9 Å². The zero-order valence-electron chi connectivity index (χ0n) is 4.11. The van der Waals surface area contributed by atoms with E-state index in [0.29, 0.717) is 5.69 Å². The fraction of sp³-hybridized carbons (Fsp3) is 0.250. The third kappa shape index (κ3) is 1.06. The van der Waals surface area contributed by atoms with Crippen LogP contribution in [0.1, 0.15) is 5.69 Å². The van der Waals surface area contributed by atoms with Crippen LogP contribution in [0.3, 0.4) is 0 Å². The molecule has 8 heavy (non-hydrogen) atoms. The van der Waals surface area contributed by atoms with Crippen LogP contribution in [0.25, 0.3) is 0 Å². The first kappa shape index (κ1) is 6.16. The first-order valence-electron chi connectivity index (χ1n) is 1.98. The molecule has 0 aliphatic heterocycles. The molecule has 0 atom stereocenters. The van der Waals surface area contributed by atoms with Crippen LogP contribution >= 0.6 is 27.3 Å². The normalized spacial score (nSPS) is 9.88. The SMILES string of the molecule is Cc1nc(F)sc1Br. The average molecular weight is 196 g/mol. The number of halogens is 2. The minimum Gasteiger partial charge on any atom is -0.214 e. The summed E-state index contributed by atoms with van der Waals surface area (Å²) in [6.07, 6.45) is 0. The summed E-state index contributed by atoms with van der Waals surface area (Å²) in [4.78, 5) is 3.52. The highest BCUT2D eigenvalue weighted by molar-refractivity contribution is 9.11. The molecule has 0 fully saturated rings. The van der Waals surface area contributed by atoms with Gasteiger partial charge in [0.2, 0.25) is 0 Å². The van der Waals surface area contributed by atoms with Gasteiger partial charge in [0.15, 0.2) is 0 Å². The maximum Gasteiger partial charge on any atom is 0.270 e. The molecule has 4 heteroatoms. The van der Waals surface area contributed by atoms with Gasteiger partial charge in [-0.05, 0) is 22.9 Å². The monoisotopic (exact) mass is 195 g/mol. The summed E-state index contributed by atoms with van der Waals surface area (Å²) in [5.41, 5.74) is 0.715. The Morgan fingerprint density at radius 2 is 2.38 bits per heavy atom. The number of aryl methyl sites for hydroxylation is 1. The Bertz CT molecular complexity index is 178. The Hall–Kier alpha value is 0.0400. The first-order chi connectivity index (χ1) is 3.70. The minimum absolute atomic E-state index is 0.380. The highest BCUT2D eigenvalue weighted by Crippen LogP contribution is 2.22. The van der Waals surface area contributed by atoms with Gasteiger partial charge in [0.1, 0.15) is 0 Å². The molecule has 44 valence electrons. The number of hydrogen-bond donors (Lipinski definition) is 0. The van der Waals surface area contributed by atoms with Gasteiger partial charge in [0, 0.05) is 0 Å². The van der Waals surface area contributed by atoms with Gasteiger partial charge in [-0.15, -0.1) is 0 Å². The largest absolute Gasteiger partial charge is 0.270 e. The molecule has 0 spiro atoms. The topological polar surface area (TPSA) is 12.9 Å². The summed E-state index contributed by atoms with van der Waals surface area (Å²) in [7, 11) is 0. The Morgan fingerprint density at radius 3 is 2.50 bits per heavy atom. The highest BCUT2D eigenvalue weighted by Gasteiger charge is 2.00. The molecule has 0 aliphatic carbocycles.